The Bertz CT molecular complexity index is 586. The lowest BCUT2D eigenvalue weighted by molar-refractivity contribution is 0.587. The third-order valence-corrected chi connectivity index (χ3v) is 4.84. The number of rotatable bonds is 5. The molecular formula is C16H14Br2ClF. The van der Waals surface area contributed by atoms with E-state index in [1.807, 2.05) is 12.1 Å². The Morgan fingerprint density at radius 1 is 1.05 bits per heavy atom. The minimum atomic E-state index is -0.363. The fraction of sp³-hybridized carbons (Fsp3) is 0.250. The summed E-state index contributed by atoms with van der Waals surface area (Å²) in [6.45, 7) is 0. The van der Waals surface area contributed by atoms with Crippen LogP contribution in [0, 0.1) is 11.7 Å². The summed E-state index contributed by atoms with van der Waals surface area (Å²) in [4.78, 5) is 0. The molecule has 0 aliphatic heterocycles. The van der Waals surface area contributed by atoms with Crippen LogP contribution in [-0.2, 0) is 12.8 Å². The second-order valence-electron chi connectivity index (χ2n) is 4.81. The van der Waals surface area contributed by atoms with Crippen LogP contribution in [0.15, 0.2) is 46.9 Å². The Balaban J connectivity index is 2.07. The normalized spacial score (nSPS) is 12.4. The molecule has 0 aromatic heterocycles. The van der Waals surface area contributed by atoms with E-state index in [0.29, 0.717) is 5.92 Å². The fourth-order valence-corrected chi connectivity index (χ4v) is 3.29. The van der Waals surface area contributed by atoms with Crippen molar-refractivity contribution in [3.8, 4) is 0 Å². The van der Waals surface area contributed by atoms with Crippen molar-refractivity contribution in [2.75, 3.05) is 5.33 Å². The molecule has 106 valence electrons. The zero-order valence-corrected chi connectivity index (χ0v) is 14.7. The van der Waals surface area contributed by atoms with Gasteiger partial charge >= 0.3 is 0 Å². The van der Waals surface area contributed by atoms with Gasteiger partial charge in [-0.05, 0) is 54.2 Å². The molecule has 0 heterocycles. The molecule has 4 heteroatoms. The molecule has 0 aliphatic carbocycles. The maximum Gasteiger partial charge on any atom is 0.141 e. The highest BCUT2D eigenvalue weighted by Crippen LogP contribution is 2.22. The number of halogens is 4. The second kappa shape index (κ2) is 7.58. The van der Waals surface area contributed by atoms with Crippen molar-refractivity contribution in [2.45, 2.75) is 12.8 Å². The molecule has 2 aromatic rings. The Morgan fingerprint density at radius 2 is 1.75 bits per heavy atom. The van der Waals surface area contributed by atoms with E-state index < -0.39 is 0 Å². The summed E-state index contributed by atoms with van der Waals surface area (Å²) >= 11 is 12.9. The van der Waals surface area contributed by atoms with E-state index in [0.717, 1.165) is 28.2 Å². The van der Waals surface area contributed by atoms with Crippen LogP contribution in [0.25, 0.3) is 0 Å². The molecule has 0 fully saturated rings. The van der Waals surface area contributed by atoms with Crippen molar-refractivity contribution >= 4 is 43.5 Å². The predicted molar refractivity (Wildman–Crippen MR) is 90.2 cm³/mol. The van der Waals surface area contributed by atoms with Gasteiger partial charge in [0.2, 0.25) is 0 Å². The molecule has 0 saturated carbocycles. The Hall–Kier alpha value is -0.380. The molecule has 0 saturated heterocycles. The van der Waals surface area contributed by atoms with E-state index in [1.165, 1.54) is 11.6 Å². The maximum atomic E-state index is 13.2. The van der Waals surface area contributed by atoms with Crippen LogP contribution in [-0.4, -0.2) is 5.33 Å². The number of benzene rings is 2. The number of alkyl halides is 1. The SMILES string of the molecule is Fc1ccc(CC(CBr)Cc2cccc(Br)c2)cc1Cl. The molecule has 0 amide bonds. The smallest absolute Gasteiger partial charge is 0.141 e. The largest absolute Gasteiger partial charge is 0.205 e. The summed E-state index contributed by atoms with van der Waals surface area (Å²) in [5.41, 5.74) is 2.35. The summed E-state index contributed by atoms with van der Waals surface area (Å²) in [6.07, 6.45) is 1.84. The molecule has 2 rings (SSSR count). The minimum absolute atomic E-state index is 0.193. The van der Waals surface area contributed by atoms with E-state index in [2.05, 4.69) is 44.0 Å². The highest BCUT2D eigenvalue weighted by Gasteiger charge is 2.11. The van der Waals surface area contributed by atoms with Gasteiger partial charge in [-0.2, -0.15) is 0 Å². The van der Waals surface area contributed by atoms with Crippen molar-refractivity contribution in [2.24, 2.45) is 5.92 Å². The van der Waals surface area contributed by atoms with Crippen molar-refractivity contribution in [3.63, 3.8) is 0 Å². The van der Waals surface area contributed by atoms with Crippen molar-refractivity contribution in [3.05, 3.63) is 68.9 Å². The van der Waals surface area contributed by atoms with Gasteiger partial charge < -0.3 is 0 Å². The lowest BCUT2D eigenvalue weighted by atomic mass is 9.94. The molecule has 2 aromatic carbocycles. The molecule has 0 bridgehead atoms. The average Bonchev–Trinajstić information content (AvgIpc) is 2.42. The summed E-state index contributed by atoms with van der Waals surface area (Å²) in [7, 11) is 0. The van der Waals surface area contributed by atoms with E-state index in [1.54, 1.807) is 12.1 Å². The molecule has 0 spiro atoms. The van der Waals surface area contributed by atoms with E-state index in [-0.39, 0.29) is 10.8 Å². The van der Waals surface area contributed by atoms with E-state index in [4.69, 9.17) is 11.6 Å². The molecule has 0 aliphatic rings. The summed E-state index contributed by atoms with van der Waals surface area (Å²) in [6, 6.07) is 13.3. The van der Waals surface area contributed by atoms with Gasteiger partial charge in [0.25, 0.3) is 0 Å². The maximum absolute atomic E-state index is 13.2. The molecule has 0 nitrogen and oxygen atoms in total. The summed E-state index contributed by atoms with van der Waals surface area (Å²) < 4.78 is 14.3. The van der Waals surface area contributed by atoms with Gasteiger partial charge in [0.1, 0.15) is 5.82 Å². The van der Waals surface area contributed by atoms with Gasteiger partial charge in [0, 0.05) is 9.80 Å². The zero-order chi connectivity index (χ0) is 14.5. The molecular weight excluding hydrogens is 406 g/mol. The highest BCUT2D eigenvalue weighted by molar-refractivity contribution is 9.10. The summed E-state index contributed by atoms with van der Waals surface area (Å²) in [5, 5.41) is 1.09. The van der Waals surface area contributed by atoms with Crippen molar-refractivity contribution in [1.82, 2.24) is 0 Å². The first-order valence-electron chi connectivity index (χ1n) is 6.33. The van der Waals surface area contributed by atoms with Crippen LogP contribution in [0.5, 0.6) is 0 Å². The first-order chi connectivity index (χ1) is 9.58. The highest BCUT2D eigenvalue weighted by atomic mass is 79.9. The predicted octanol–water partition coefficient (Wildman–Crippen LogP) is 6.04. The minimum Gasteiger partial charge on any atom is -0.205 e. The molecule has 20 heavy (non-hydrogen) atoms. The van der Waals surface area contributed by atoms with Gasteiger partial charge in [-0.3, -0.25) is 0 Å². The van der Waals surface area contributed by atoms with E-state index >= 15 is 0 Å². The van der Waals surface area contributed by atoms with Crippen LogP contribution in [0.3, 0.4) is 0 Å². The first-order valence-corrected chi connectivity index (χ1v) is 8.62. The van der Waals surface area contributed by atoms with Crippen LogP contribution in [0.4, 0.5) is 4.39 Å². The fourth-order valence-electron chi connectivity index (χ4n) is 2.18. The number of hydrogen-bond acceptors (Lipinski definition) is 0. The third kappa shape index (κ3) is 4.57. The van der Waals surface area contributed by atoms with Gasteiger partial charge in [-0.25, -0.2) is 4.39 Å². The lowest BCUT2D eigenvalue weighted by Crippen LogP contribution is -2.10. The van der Waals surface area contributed by atoms with Crippen LogP contribution in [0.1, 0.15) is 11.1 Å². The lowest BCUT2D eigenvalue weighted by Gasteiger charge is -2.15. The number of hydrogen-bond donors (Lipinski definition) is 0. The quantitative estimate of drug-likeness (QED) is 0.518. The zero-order valence-electron chi connectivity index (χ0n) is 10.8. The Labute approximate surface area is 140 Å². The van der Waals surface area contributed by atoms with E-state index in [9.17, 15) is 4.39 Å². The average molecular weight is 421 g/mol. The Kier molecular flexibility index (Phi) is 6.06. The van der Waals surface area contributed by atoms with Crippen molar-refractivity contribution in [1.29, 1.82) is 0 Å². The van der Waals surface area contributed by atoms with Gasteiger partial charge in [-0.15, -0.1) is 0 Å². The monoisotopic (exact) mass is 418 g/mol. The van der Waals surface area contributed by atoms with Gasteiger partial charge in [0.05, 0.1) is 5.02 Å². The first kappa shape index (κ1) is 16.0. The van der Waals surface area contributed by atoms with Gasteiger partial charge in [-0.1, -0.05) is 61.7 Å². The van der Waals surface area contributed by atoms with Gasteiger partial charge in [0.15, 0.2) is 0 Å². The van der Waals surface area contributed by atoms with Crippen LogP contribution >= 0.6 is 43.5 Å². The molecule has 0 N–H and O–H groups in total. The summed E-state index contributed by atoms with van der Waals surface area (Å²) in [5.74, 6) is 0.0867. The van der Waals surface area contributed by atoms with Crippen molar-refractivity contribution < 1.29 is 4.39 Å². The van der Waals surface area contributed by atoms with Crippen LogP contribution in [0.2, 0.25) is 5.02 Å². The molecule has 0 radical (unpaired) electrons. The molecule has 1 atom stereocenters. The third-order valence-electron chi connectivity index (χ3n) is 3.14. The second-order valence-corrected chi connectivity index (χ2v) is 6.78. The topological polar surface area (TPSA) is 0 Å². The standard InChI is InChI=1S/C16H14Br2ClF/c17-10-13(6-11-2-1-3-14(18)8-11)7-12-4-5-16(20)15(19)9-12/h1-5,8-9,13H,6-7,10H2. The Morgan fingerprint density at radius 3 is 2.35 bits per heavy atom. The van der Waals surface area contributed by atoms with Crippen LogP contribution < -0.4 is 0 Å². The molecule has 1 unspecified atom stereocenters.